The molecular formula is C17H24N4O. The molecule has 0 aliphatic carbocycles. The van der Waals surface area contributed by atoms with Gasteiger partial charge in [-0.1, -0.05) is 6.92 Å². The first-order valence-corrected chi connectivity index (χ1v) is 7.58. The van der Waals surface area contributed by atoms with Crippen LogP contribution < -0.4 is 0 Å². The lowest BCUT2D eigenvalue weighted by molar-refractivity contribution is -0.132. The molecule has 0 aromatic carbocycles. The van der Waals surface area contributed by atoms with Crippen LogP contribution in [0.3, 0.4) is 0 Å². The molecule has 0 saturated carbocycles. The summed E-state index contributed by atoms with van der Waals surface area (Å²) in [5.74, 6) is 0.287. The van der Waals surface area contributed by atoms with Crippen molar-refractivity contribution in [2.75, 3.05) is 7.05 Å². The third-order valence-electron chi connectivity index (χ3n) is 4.32. The molecule has 0 unspecified atom stereocenters. The Kier molecular flexibility index (Phi) is 4.96. The molecule has 1 amide bonds. The minimum absolute atomic E-state index is 0.0363. The summed E-state index contributed by atoms with van der Waals surface area (Å²) in [5.41, 5.74) is 4.26. The molecule has 0 fully saturated rings. The zero-order valence-electron chi connectivity index (χ0n) is 13.9. The third-order valence-corrected chi connectivity index (χ3v) is 4.32. The van der Waals surface area contributed by atoms with Gasteiger partial charge in [0.15, 0.2) is 0 Å². The molecule has 0 aliphatic heterocycles. The zero-order chi connectivity index (χ0) is 16.3. The van der Waals surface area contributed by atoms with E-state index in [1.165, 1.54) is 0 Å². The number of rotatable bonds is 5. The molecule has 0 radical (unpaired) electrons. The number of hydrogen-bond donors (Lipinski definition) is 1. The second-order valence-corrected chi connectivity index (χ2v) is 5.91. The van der Waals surface area contributed by atoms with E-state index < -0.39 is 0 Å². The Morgan fingerprint density at radius 3 is 2.45 bits per heavy atom. The first-order valence-electron chi connectivity index (χ1n) is 7.58. The van der Waals surface area contributed by atoms with Gasteiger partial charge in [0.25, 0.3) is 0 Å². The van der Waals surface area contributed by atoms with Crippen LogP contribution in [0.4, 0.5) is 0 Å². The van der Waals surface area contributed by atoms with Crippen LogP contribution in [0.15, 0.2) is 24.5 Å². The standard InChI is InChI=1S/C17H24N4O/c1-11(17-12(2)19-20-13(17)3)10-16(22)21(5)14(4)15-6-8-18-9-7-15/h6-9,11,14H,10H2,1-5H3,(H,19,20)/t11-,14+/m0/s1. The van der Waals surface area contributed by atoms with Crippen molar-refractivity contribution in [2.24, 2.45) is 0 Å². The molecule has 2 atom stereocenters. The third kappa shape index (κ3) is 3.35. The summed E-state index contributed by atoms with van der Waals surface area (Å²) in [6.07, 6.45) is 3.99. The number of nitrogens with zero attached hydrogens (tertiary/aromatic N) is 3. The quantitative estimate of drug-likeness (QED) is 0.922. The van der Waals surface area contributed by atoms with Crippen molar-refractivity contribution in [3.8, 4) is 0 Å². The zero-order valence-corrected chi connectivity index (χ0v) is 13.9. The summed E-state index contributed by atoms with van der Waals surface area (Å²) in [6, 6.07) is 3.93. The molecule has 2 rings (SSSR count). The van der Waals surface area contributed by atoms with Crippen LogP contribution in [0.25, 0.3) is 0 Å². The fraction of sp³-hybridized carbons (Fsp3) is 0.471. The number of hydrogen-bond acceptors (Lipinski definition) is 3. The Morgan fingerprint density at radius 2 is 1.91 bits per heavy atom. The maximum atomic E-state index is 12.6. The molecule has 1 N–H and O–H groups in total. The number of pyridine rings is 1. The van der Waals surface area contributed by atoms with Crippen molar-refractivity contribution in [3.05, 3.63) is 47.0 Å². The van der Waals surface area contributed by atoms with E-state index in [4.69, 9.17) is 0 Å². The predicted molar refractivity (Wildman–Crippen MR) is 86.5 cm³/mol. The number of carbonyl (C=O) groups is 1. The summed E-state index contributed by atoms with van der Waals surface area (Å²) < 4.78 is 0. The fourth-order valence-corrected chi connectivity index (χ4v) is 2.88. The van der Waals surface area contributed by atoms with Crippen LogP contribution in [0.5, 0.6) is 0 Å². The Labute approximate surface area is 131 Å². The van der Waals surface area contributed by atoms with E-state index in [0.717, 1.165) is 22.5 Å². The van der Waals surface area contributed by atoms with Crippen molar-refractivity contribution in [1.82, 2.24) is 20.1 Å². The number of aryl methyl sites for hydroxylation is 2. The summed E-state index contributed by atoms with van der Waals surface area (Å²) >= 11 is 0. The maximum absolute atomic E-state index is 12.6. The van der Waals surface area contributed by atoms with Gasteiger partial charge in [-0.25, -0.2) is 0 Å². The molecule has 0 spiro atoms. The number of carbonyl (C=O) groups excluding carboxylic acids is 1. The number of nitrogens with one attached hydrogen (secondary N) is 1. The minimum Gasteiger partial charge on any atom is -0.339 e. The van der Waals surface area contributed by atoms with Gasteiger partial charge in [-0.3, -0.25) is 14.9 Å². The van der Waals surface area contributed by atoms with Gasteiger partial charge in [0, 0.05) is 31.6 Å². The van der Waals surface area contributed by atoms with Gasteiger partial charge in [0.2, 0.25) is 5.91 Å². The van der Waals surface area contributed by atoms with Crippen molar-refractivity contribution in [1.29, 1.82) is 0 Å². The Bertz CT molecular complexity index is 616. The van der Waals surface area contributed by atoms with Gasteiger partial charge in [0.05, 0.1) is 11.7 Å². The maximum Gasteiger partial charge on any atom is 0.223 e. The smallest absolute Gasteiger partial charge is 0.223 e. The van der Waals surface area contributed by atoms with E-state index in [1.807, 2.05) is 40.0 Å². The van der Waals surface area contributed by atoms with Gasteiger partial charge >= 0.3 is 0 Å². The number of H-pyrrole nitrogens is 1. The van der Waals surface area contributed by atoms with Crippen molar-refractivity contribution >= 4 is 5.91 Å². The molecule has 2 heterocycles. The average Bonchev–Trinajstić information content (AvgIpc) is 2.85. The highest BCUT2D eigenvalue weighted by Gasteiger charge is 2.22. The largest absolute Gasteiger partial charge is 0.339 e. The van der Waals surface area contributed by atoms with Crippen LogP contribution in [-0.4, -0.2) is 33.0 Å². The predicted octanol–water partition coefficient (Wildman–Crippen LogP) is 3.13. The van der Waals surface area contributed by atoms with Crippen LogP contribution in [0, 0.1) is 13.8 Å². The second-order valence-electron chi connectivity index (χ2n) is 5.91. The lowest BCUT2D eigenvalue weighted by Gasteiger charge is -2.26. The van der Waals surface area contributed by atoms with E-state index in [-0.39, 0.29) is 17.9 Å². The Hall–Kier alpha value is -2.17. The summed E-state index contributed by atoms with van der Waals surface area (Å²) in [5, 5.41) is 7.20. The van der Waals surface area contributed by atoms with Crippen molar-refractivity contribution in [2.45, 2.75) is 46.1 Å². The molecule has 5 nitrogen and oxygen atoms in total. The number of aromatic amines is 1. The van der Waals surface area contributed by atoms with Crippen LogP contribution in [-0.2, 0) is 4.79 Å². The number of amides is 1. The van der Waals surface area contributed by atoms with Gasteiger partial charge in [-0.15, -0.1) is 0 Å². The topological polar surface area (TPSA) is 61.9 Å². The summed E-state index contributed by atoms with van der Waals surface area (Å²) in [7, 11) is 1.86. The molecule has 2 aromatic rings. The van der Waals surface area contributed by atoms with E-state index in [0.29, 0.717) is 6.42 Å². The molecule has 0 bridgehead atoms. The minimum atomic E-state index is 0.0363. The molecule has 118 valence electrons. The van der Waals surface area contributed by atoms with Gasteiger partial charge in [-0.05, 0) is 49.9 Å². The average molecular weight is 300 g/mol. The van der Waals surface area contributed by atoms with E-state index >= 15 is 0 Å². The Balaban J connectivity index is 2.05. The summed E-state index contributed by atoms with van der Waals surface area (Å²) in [4.78, 5) is 18.4. The highest BCUT2D eigenvalue weighted by molar-refractivity contribution is 5.77. The van der Waals surface area contributed by atoms with Crippen molar-refractivity contribution < 1.29 is 4.79 Å². The molecule has 2 aromatic heterocycles. The molecular weight excluding hydrogens is 276 g/mol. The molecule has 0 saturated heterocycles. The normalized spacial score (nSPS) is 13.7. The lowest BCUT2D eigenvalue weighted by atomic mass is 9.95. The highest BCUT2D eigenvalue weighted by Crippen LogP contribution is 2.26. The first kappa shape index (κ1) is 16.2. The lowest BCUT2D eigenvalue weighted by Crippen LogP contribution is -2.30. The highest BCUT2D eigenvalue weighted by atomic mass is 16.2. The Morgan fingerprint density at radius 1 is 1.27 bits per heavy atom. The number of aromatic nitrogens is 3. The molecule has 5 heteroatoms. The van der Waals surface area contributed by atoms with E-state index in [2.05, 4.69) is 22.1 Å². The summed E-state index contributed by atoms with van der Waals surface area (Å²) in [6.45, 7) is 8.09. The SMILES string of the molecule is Cc1n[nH]c(C)c1[C@@H](C)CC(=O)N(C)[C@H](C)c1ccncc1. The van der Waals surface area contributed by atoms with Crippen LogP contribution in [0.1, 0.15) is 54.7 Å². The van der Waals surface area contributed by atoms with E-state index in [9.17, 15) is 4.79 Å². The monoisotopic (exact) mass is 300 g/mol. The van der Waals surface area contributed by atoms with Crippen LogP contribution in [0.2, 0.25) is 0 Å². The first-order chi connectivity index (χ1) is 10.4. The van der Waals surface area contributed by atoms with Gasteiger partial charge in [0.1, 0.15) is 0 Å². The van der Waals surface area contributed by atoms with Crippen molar-refractivity contribution in [3.63, 3.8) is 0 Å². The second kappa shape index (κ2) is 6.73. The van der Waals surface area contributed by atoms with E-state index in [1.54, 1.807) is 17.3 Å². The van der Waals surface area contributed by atoms with Crippen LogP contribution >= 0.6 is 0 Å². The van der Waals surface area contributed by atoms with Gasteiger partial charge in [-0.2, -0.15) is 5.10 Å². The fourth-order valence-electron chi connectivity index (χ4n) is 2.88. The molecule has 22 heavy (non-hydrogen) atoms. The van der Waals surface area contributed by atoms with Gasteiger partial charge < -0.3 is 4.90 Å². The molecule has 0 aliphatic rings.